The first-order valence-corrected chi connectivity index (χ1v) is 7.44. The van der Waals surface area contributed by atoms with Gasteiger partial charge >= 0.3 is 0 Å². The molecule has 0 aliphatic heterocycles. The summed E-state index contributed by atoms with van der Waals surface area (Å²) in [5.41, 5.74) is 0. The molecule has 1 rings (SSSR count). The van der Waals surface area contributed by atoms with Gasteiger partial charge in [-0.05, 0) is 53.3 Å². The van der Waals surface area contributed by atoms with Crippen molar-refractivity contribution in [3.05, 3.63) is 27.8 Å². The second-order valence-corrected chi connectivity index (χ2v) is 6.32. The molecule has 2 N–H and O–H groups in total. The minimum Gasteiger partial charge on any atom is -0.395 e. The normalized spacial score (nSPS) is 13.7. The lowest BCUT2D eigenvalue weighted by molar-refractivity contribution is 0.254. The standard InChI is InChI=1S/C10H14INO3S/c1-2-9(7-13)12-16(14,15)10-5-3-8(11)4-6-10/h3-6,9,12-13H,2,7H2,1H3/t9-/m1/s1. The number of nitrogens with one attached hydrogen (secondary N) is 1. The molecule has 0 aliphatic carbocycles. The van der Waals surface area contributed by atoms with Gasteiger partial charge in [0.2, 0.25) is 10.0 Å². The molecule has 1 atom stereocenters. The summed E-state index contributed by atoms with van der Waals surface area (Å²) < 4.78 is 27.1. The van der Waals surface area contributed by atoms with E-state index < -0.39 is 16.1 Å². The van der Waals surface area contributed by atoms with Gasteiger partial charge in [0.05, 0.1) is 11.5 Å². The van der Waals surface area contributed by atoms with Crippen molar-refractivity contribution in [3.63, 3.8) is 0 Å². The zero-order valence-electron chi connectivity index (χ0n) is 8.85. The van der Waals surface area contributed by atoms with E-state index in [2.05, 4.69) is 27.3 Å². The summed E-state index contributed by atoms with van der Waals surface area (Å²) in [7, 11) is -3.51. The predicted molar refractivity (Wildman–Crippen MR) is 70.6 cm³/mol. The topological polar surface area (TPSA) is 66.4 Å². The van der Waals surface area contributed by atoms with Crippen LogP contribution in [0.25, 0.3) is 0 Å². The molecular formula is C10H14INO3S. The minimum atomic E-state index is -3.51. The van der Waals surface area contributed by atoms with E-state index in [0.29, 0.717) is 6.42 Å². The second kappa shape index (κ2) is 5.95. The van der Waals surface area contributed by atoms with Crippen LogP contribution < -0.4 is 4.72 Å². The van der Waals surface area contributed by atoms with E-state index in [9.17, 15) is 8.42 Å². The summed E-state index contributed by atoms with van der Waals surface area (Å²) in [5, 5.41) is 8.95. The first-order chi connectivity index (χ1) is 7.49. The predicted octanol–water partition coefficient (Wildman–Crippen LogP) is 1.34. The zero-order valence-corrected chi connectivity index (χ0v) is 11.8. The lowest BCUT2D eigenvalue weighted by atomic mass is 10.3. The number of halogens is 1. The van der Waals surface area contributed by atoms with Gasteiger partial charge in [0.15, 0.2) is 0 Å². The maximum absolute atomic E-state index is 11.8. The Kier molecular flexibility index (Phi) is 5.16. The van der Waals surface area contributed by atoms with Crippen molar-refractivity contribution in [2.24, 2.45) is 0 Å². The van der Waals surface area contributed by atoms with Crippen LogP contribution in [0.3, 0.4) is 0 Å². The van der Waals surface area contributed by atoms with Gasteiger partial charge in [-0.15, -0.1) is 0 Å². The third kappa shape index (κ3) is 3.69. The number of sulfonamides is 1. The molecule has 0 saturated carbocycles. The number of rotatable bonds is 5. The number of aliphatic hydroxyl groups is 1. The summed E-state index contributed by atoms with van der Waals surface area (Å²) in [6, 6.07) is 6.14. The molecule has 16 heavy (non-hydrogen) atoms. The average molecular weight is 355 g/mol. The van der Waals surface area contributed by atoms with Crippen molar-refractivity contribution in [1.82, 2.24) is 4.72 Å². The number of hydrogen-bond acceptors (Lipinski definition) is 3. The maximum Gasteiger partial charge on any atom is 0.240 e. The van der Waals surface area contributed by atoms with Gasteiger partial charge in [-0.3, -0.25) is 0 Å². The largest absolute Gasteiger partial charge is 0.395 e. The average Bonchev–Trinajstić information content (AvgIpc) is 2.26. The Morgan fingerprint density at radius 1 is 1.38 bits per heavy atom. The van der Waals surface area contributed by atoms with E-state index in [1.807, 2.05) is 6.92 Å². The molecule has 0 spiro atoms. The molecule has 0 aliphatic rings. The molecule has 0 bridgehead atoms. The zero-order chi connectivity index (χ0) is 12.2. The van der Waals surface area contributed by atoms with Gasteiger partial charge in [0.25, 0.3) is 0 Å². The first-order valence-electron chi connectivity index (χ1n) is 4.88. The quantitative estimate of drug-likeness (QED) is 0.784. The van der Waals surface area contributed by atoms with E-state index in [1.54, 1.807) is 24.3 Å². The number of hydrogen-bond donors (Lipinski definition) is 2. The van der Waals surface area contributed by atoms with Crippen LogP contribution in [0.15, 0.2) is 29.2 Å². The molecule has 90 valence electrons. The van der Waals surface area contributed by atoms with Crippen molar-refractivity contribution in [2.45, 2.75) is 24.3 Å². The number of benzene rings is 1. The highest BCUT2D eigenvalue weighted by Gasteiger charge is 2.17. The minimum absolute atomic E-state index is 0.194. The Morgan fingerprint density at radius 2 is 1.94 bits per heavy atom. The molecule has 0 fully saturated rings. The SMILES string of the molecule is CC[C@H](CO)NS(=O)(=O)c1ccc(I)cc1. The van der Waals surface area contributed by atoms with Crippen LogP contribution in [0.2, 0.25) is 0 Å². The van der Waals surface area contributed by atoms with E-state index in [-0.39, 0.29) is 11.5 Å². The summed E-state index contributed by atoms with van der Waals surface area (Å²) in [4.78, 5) is 0.222. The fourth-order valence-electron chi connectivity index (χ4n) is 1.15. The molecule has 1 aromatic rings. The summed E-state index contributed by atoms with van der Waals surface area (Å²) >= 11 is 2.11. The highest BCUT2D eigenvalue weighted by atomic mass is 127. The molecule has 6 heteroatoms. The molecule has 0 unspecified atom stereocenters. The molecule has 0 radical (unpaired) electrons. The fourth-order valence-corrected chi connectivity index (χ4v) is 2.82. The van der Waals surface area contributed by atoms with E-state index >= 15 is 0 Å². The molecule has 4 nitrogen and oxygen atoms in total. The van der Waals surface area contributed by atoms with Crippen LogP contribution in [0.1, 0.15) is 13.3 Å². The van der Waals surface area contributed by atoms with Crippen LogP contribution in [-0.4, -0.2) is 26.2 Å². The van der Waals surface area contributed by atoms with Gasteiger partial charge in [0, 0.05) is 9.61 Å². The summed E-state index contributed by atoms with van der Waals surface area (Å²) in [6.45, 7) is 1.62. The Labute approximate surface area is 109 Å². The smallest absolute Gasteiger partial charge is 0.240 e. The second-order valence-electron chi connectivity index (χ2n) is 3.36. The van der Waals surface area contributed by atoms with Crippen LogP contribution >= 0.6 is 22.6 Å². The highest BCUT2D eigenvalue weighted by molar-refractivity contribution is 14.1. The van der Waals surface area contributed by atoms with Crippen molar-refractivity contribution in [2.75, 3.05) is 6.61 Å². The van der Waals surface area contributed by atoms with Crippen LogP contribution in [0.5, 0.6) is 0 Å². The molecule has 0 saturated heterocycles. The molecule has 1 aromatic carbocycles. The van der Waals surface area contributed by atoms with Crippen molar-refractivity contribution < 1.29 is 13.5 Å². The highest BCUT2D eigenvalue weighted by Crippen LogP contribution is 2.12. The molecule has 0 aromatic heterocycles. The van der Waals surface area contributed by atoms with Gasteiger partial charge in [-0.2, -0.15) is 0 Å². The molecule has 0 amide bonds. The summed E-state index contributed by atoms with van der Waals surface area (Å²) in [5.74, 6) is 0. The Balaban J connectivity index is 2.89. The van der Waals surface area contributed by atoms with Crippen LogP contribution in [0.4, 0.5) is 0 Å². The van der Waals surface area contributed by atoms with E-state index in [1.165, 1.54) is 0 Å². The van der Waals surface area contributed by atoms with E-state index in [4.69, 9.17) is 5.11 Å². The van der Waals surface area contributed by atoms with Crippen molar-refractivity contribution in [3.8, 4) is 0 Å². The van der Waals surface area contributed by atoms with Gasteiger partial charge in [-0.1, -0.05) is 6.92 Å². The summed E-state index contributed by atoms with van der Waals surface area (Å²) in [6.07, 6.45) is 0.556. The fraction of sp³-hybridized carbons (Fsp3) is 0.400. The maximum atomic E-state index is 11.8. The monoisotopic (exact) mass is 355 g/mol. The van der Waals surface area contributed by atoms with Crippen molar-refractivity contribution in [1.29, 1.82) is 0 Å². The lowest BCUT2D eigenvalue weighted by Gasteiger charge is -2.14. The number of aliphatic hydroxyl groups excluding tert-OH is 1. The van der Waals surface area contributed by atoms with Gasteiger partial charge < -0.3 is 5.11 Å². The van der Waals surface area contributed by atoms with Crippen molar-refractivity contribution >= 4 is 32.6 Å². The third-order valence-corrected chi connectivity index (χ3v) is 4.41. The lowest BCUT2D eigenvalue weighted by Crippen LogP contribution is -2.36. The Morgan fingerprint density at radius 3 is 2.38 bits per heavy atom. The van der Waals surface area contributed by atoms with Crippen LogP contribution in [-0.2, 0) is 10.0 Å². The van der Waals surface area contributed by atoms with E-state index in [0.717, 1.165) is 3.57 Å². The Hall–Kier alpha value is -0.180. The molecular weight excluding hydrogens is 341 g/mol. The third-order valence-electron chi connectivity index (χ3n) is 2.16. The molecule has 0 heterocycles. The first kappa shape index (κ1) is 13.9. The van der Waals surface area contributed by atoms with Gasteiger partial charge in [-0.25, -0.2) is 13.1 Å². The Bertz CT molecular complexity index is 426. The van der Waals surface area contributed by atoms with Crippen LogP contribution in [0, 0.1) is 3.57 Å². The van der Waals surface area contributed by atoms with Gasteiger partial charge in [0.1, 0.15) is 0 Å².